The molecule has 0 amide bonds. The standard InChI is InChI=1S/C13H22ClN3/c1-11(10-17-5-3-2-4-6-17)15-9-13-7-12(14)8-16-13/h7-8,11,15-16H,2-6,9-10H2,1H3. The summed E-state index contributed by atoms with van der Waals surface area (Å²) in [6.45, 7) is 6.79. The van der Waals surface area contributed by atoms with E-state index in [2.05, 4.69) is 22.1 Å². The van der Waals surface area contributed by atoms with Gasteiger partial charge in [-0.15, -0.1) is 0 Å². The molecule has 2 rings (SSSR count). The number of nitrogens with one attached hydrogen (secondary N) is 2. The smallest absolute Gasteiger partial charge is 0.0583 e. The number of likely N-dealkylation sites (tertiary alicyclic amines) is 1. The van der Waals surface area contributed by atoms with E-state index in [-0.39, 0.29) is 0 Å². The minimum absolute atomic E-state index is 0.523. The predicted molar refractivity (Wildman–Crippen MR) is 72.4 cm³/mol. The van der Waals surface area contributed by atoms with Crippen LogP contribution >= 0.6 is 11.6 Å². The zero-order valence-corrected chi connectivity index (χ0v) is 11.3. The number of piperidine rings is 1. The van der Waals surface area contributed by atoms with Gasteiger partial charge in [0.25, 0.3) is 0 Å². The second kappa shape index (κ2) is 6.43. The fourth-order valence-corrected chi connectivity index (χ4v) is 2.58. The molecule has 1 saturated heterocycles. The topological polar surface area (TPSA) is 31.1 Å². The van der Waals surface area contributed by atoms with E-state index in [1.54, 1.807) is 0 Å². The van der Waals surface area contributed by atoms with Crippen LogP contribution in [0, 0.1) is 0 Å². The van der Waals surface area contributed by atoms with Crippen LogP contribution in [0.25, 0.3) is 0 Å². The third-order valence-electron chi connectivity index (χ3n) is 3.33. The maximum atomic E-state index is 5.86. The summed E-state index contributed by atoms with van der Waals surface area (Å²) in [7, 11) is 0. The van der Waals surface area contributed by atoms with Crippen LogP contribution in [0.2, 0.25) is 5.02 Å². The molecule has 17 heavy (non-hydrogen) atoms. The molecule has 1 aliphatic heterocycles. The molecule has 1 unspecified atom stereocenters. The summed E-state index contributed by atoms with van der Waals surface area (Å²) in [4.78, 5) is 5.71. The Kier molecular flexibility index (Phi) is 4.89. The molecule has 2 N–H and O–H groups in total. The number of rotatable bonds is 5. The van der Waals surface area contributed by atoms with E-state index in [1.807, 2.05) is 12.3 Å². The molecule has 2 heterocycles. The molecule has 0 aromatic carbocycles. The minimum Gasteiger partial charge on any atom is -0.363 e. The van der Waals surface area contributed by atoms with Crippen LogP contribution in [0.4, 0.5) is 0 Å². The number of H-pyrrole nitrogens is 1. The molecule has 3 nitrogen and oxygen atoms in total. The van der Waals surface area contributed by atoms with Crippen molar-refractivity contribution in [3.8, 4) is 0 Å². The first-order chi connectivity index (χ1) is 8.24. The maximum absolute atomic E-state index is 5.86. The van der Waals surface area contributed by atoms with Gasteiger partial charge in [0, 0.05) is 31.0 Å². The van der Waals surface area contributed by atoms with Crippen molar-refractivity contribution < 1.29 is 0 Å². The van der Waals surface area contributed by atoms with Crippen molar-refractivity contribution in [3.05, 3.63) is 23.0 Å². The zero-order chi connectivity index (χ0) is 12.1. The Morgan fingerprint density at radius 2 is 2.18 bits per heavy atom. The van der Waals surface area contributed by atoms with Crippen molar-refractivity contribution in [2.75, 3.05) is 19.6 Å². The maximum Gasteiger partial charge on any atom is 0.0583 e. The van der Waals surface area contributed by atoms with Crippen molar-refractivity contribution in [1.82, 2.24) is 15.2 Å². The van der Waals surface area contributed by atoms with E-state index in [0.717, 1.165) is 23.8 Å². The number of aromatic amines is 1. The molecule has 0 radical (unpaired) electrons. The van der Waals surface area contributed by atoms with E-state index in [4.69, 9.17) is 11.6 Å². The SMILES string of the molecule is CC(CN1CCCCC1)NCc1cc(Cl)c[nH]1. The van der Waals surface area contributed by atoms with Gasteiger partial charge in [0.1, 0.15) is 0 Å². The van der Waals surface area contributed by atoms with Gasteiger partial charge < -0.3 is 15.2 Å². The molecular formula is C13H22ClN3. The summed E-state index contributed by atoms with van der Waals surface area (Å²) in [5.41, 5.74) is 1.15. The molecule has 1 aliphatic rings. The number of halogens is 1. The average molecular weight is 256 g/mol. The average Bonchev–Trinajstić information content (AvgIpc) is 2.74. The van der Waals surface area contributed by atoms with E-state index in [0.29, 0.717) is 6.04 Å². The molecule has 0 spiro atoms. The molecule has 0 bridgehead atoms. The second-order valence-electron chi connectivity index (χ2n) is 4.99. The Morgan fingerprint density at radius 3 is 2.82 bits per heavy atom. The van der Waals surface area contributed by atoms with Crippen molar-refractivity contribution in [1.29, 1.82) is 0 Å². The van der Waals surface area contributed by atoms with E-state index >= 15 is 0 Å². The highest BCUT2D eigenvalue weighted by molar-refractivity contribution is 6.30. The number of aromatic nitrogens is 1. The van der Waals surface area contributed by atoms with Crippen LogP contribution in [0.1, 0.15) is 31.9 Å². The van der Waals surface area contributed by atoms with Gasteiger partial charge >= 0.3 is 0 Å². The fourth-order valence-electron chi connectivity index (χ4n) is 2.39. The molecular weight excluding hydrogens is 234 g/mol. The van der Waals surface area contributed by atoms with Gasteiger partial charge in [-0.2, -0.15) is 0 Å². The van der Waals surface area contributed by atoms with Crippen molar-refractivity contribution in [3.63, 3.8) is 0 Å². The van der Waals surface area contributed by atoms with Crippen LogP contribution in [0.3, 0.4) is 0 Å². The van der Waals surface area contributed by atoms with Crippen molar-refractivity contribution >= 4 is 11.6 Å². The third-order valence-corrected chi connectivity index (χ3v) is 3.55. The molecule has 1 aromatic heterocycles. The Morgan fingerprint density at radius 1 is 1.41 bits per heavy atom. The highest BCUT2D eigenvalue weighted by Gasteiger charge is 2.12. The lowest BCUT2D eigenvalue weighted by atomic mass is 10.1. The monoisotopic (exact) mass is 255 g/mol. The molecule has 0 saturated carbocycles. The van der Waals surface area contributed by atoms with Crippen LogP contribution in [-0.4, -0.2) is 35.6 Å². The highest BCUT2D eigenvalue weighted by atomic mass is 35.5. The summed E-state index contributed by atoms with van der Waals surface area (Å²) >= 11 is 5.86. The minimum atomic E-state index is 0.523. The van der Waals surface area contributed by atoms with Gasteiger partial charge in [-0.25, -0.2) is 0 Å². The quantitative estimate of drug-likeness (QED) is 0.848. The van der Waals surface area contributed by atoms with Crippen LogP contribution in [0.15, 0.2) is 12.3 Å². The van der Waals surface area contributed by atoms with Crippen LogP contribution in [0.5, 0.6) is 0 Å². The van der Waals surface area contributed by atoms with Gasteiger partial charge in [-0.3, -0.25) is 0 Å². The highest BCUT2D eigenvalue weighted by Crippen LogP contribution is 2.10. The fraction of sp³-hybridized carbons (Fsp3) is 0.692. The molecule has 1 atom stereocenters. The first-order valence-corrected chi connectivity index (χ1v) is 6.90. The number of nitrogens with zero attached hydrogens (tertiary/aromatic N) is 1. The summed E-state index contributed by atoms with van der Waals surface area (Å²) < 4.78 is 0. The largest absolute Gasteiger partial charge is 0.363 e. The summed E-state index contributed by atoms with van der Waals surface area (Å²) in [5.74, 6) is 0. The van der Waals surface area contributed by atoms with Gasteiger partial charge in [0.15, 0.2) is 0 Å². The lowest BCUT2D eigenvalue weighted by molar-refractivity contribution is 0.208. The van der Waals surface area contributed by atoms with Crippen LogP contribution < -0.4 is 5.32 Å². The van der Waals surface area contributed by atoms with Gasteiger partial charge in [0.05, 0.1) is 5.02 Å². The molecule has 4 heteroatoms. The first kappa shape index (κ1) is 12.9. The number of hydrogen-bond acceptors (Lipinski definition) is 2. The summed E-state index contributed by atoms with van der Waals surface area (Å²) in [6.07, 6.45) is 5.95. The zero-order valence-electron chi connectivity index (χ0n) is 10.5. The normalized spacial score (nSPS) is 19.4. The van der Waals surface area contributed by atoms with Gasteiger partial charge in [-0.1, -0.05) is 18.0 Å². The van der Waals surface area contributed by atoms with E-state index in [1.165, 1.54) is 32.4 Å². The second-order valence-corrected chi connectivity index (χ2v) is 5.42. The first-order valence-electron chi connectivity index (χ1n) is 6.52. The van der Waals surface area contributed by atoms with E-state index < -0.39 is 0 Å². The molecule has 0 aliphatic carbocycles. The Hall–Kier alpha value is -0.510. The Labute approximate surface area is 109 Å². The predicted octanol–water partition coefficient (Wildman–Crippen LogP) is 2.63. The number of hydrogen-bond donors (Lipinski definition) is 2. The molecule has 96 valence electrons. The third kappa shape index (κ3) is 4.34. The van der Waals surface area contributed by atoms with Crippen molar-refractivity contribution in [2.45, 2.75) is 38.8 Å². The van der Waals surface area contributed by atoms with Gasteiger partial charge in [0.2, 0.25) is 0 Å². The Balaban J connectivity index is 1.68. The molecule has 1 fully saturated rings. The van der Waals surface area contributed by atoms with E-state index in [9.17, 15) is 0 Å². The Bertz CT molecular complexity index is 331. The lowest BCUT2D eigenvalue weighted by Gasteiger charge is -2.29. The van der Waals surface area contributed by atoms with Gasteiger partial charge in [-0.05, 0) is 38.9 Å². The summed E-state index contributed by atoms with van der Waals surface area (Å²) in [5, 5.41) is 4.31. The van der Waals surface area contributed by atoms with Crippen LogP contribution in [-0.2, 0) is 6.54 Å². The summed E-state index contributed by atoms with van der Waals surface area (Å²) in [6, 6.07) is 2.50. The van der Waals surface area contributed by atoms with Crippen molar-refractivity contribution in [2.24, 2.45) is 0 Å². The molecule has 1 aromatic rings. The lowest BCUT2D eigenvalue weighted by Crippen LogP contribution is -2.41.